The first-order valence-corrected chi connectivity index (χ1v) is 15.8. The number of aryl methyl sites for hydroxylation is 2. The van der Waals surface area contributed by atoms with Crippen LogP contribution in [0.25, 0.3) is 17.1 Å². The second-order valence-corrected chi connectivity index (χ2v) is 12.3. The Bertz CT molecular complexity index is 1700. The summed E-state index contributed by atoms with van der Waals surface area (Å²) >= 11 is 2.86. The van der Waals surface area contributed by atoms with Crippen molar-refractivity contribution >= 4 is 39.9 Å². The minimum absolute atomic E-state index is 0.131. The summed E-state index contributed by atoms with van der Waals surface area (Å²) in [5, 5.41) is 16.3. The fraction of sp³-hybridized carbons (Fsp3) is 0.212. The molecule has 0 spiro atoms. The van der Waals surface area contributed by atoms with E-state index in [1.165, 1.54) is 28.0 Å². The molecule has 0 fully saturated rings. The number of benzene rings is 3. The molecule has 0 radical (unpaired) electrons. The maximum Gasteiger partial charge on any atom is 0.254 e. The average molecular weight is 594 g/mol. The number of rotatable bonds is 9. The number of aromatic nitrogens is 3. The van der Waals surface area contributed by atoms with E-state index in [-0.39, 0.29) is 17.6 Å². The molecule has 0 atom stereocenters. The van der Waals surface area contributed by atoms with Gasteiger partial charge in [-0.1, -0.05) is 90.1 Å². The highest BCUT2D eigenvalue weighted by Gasteiger charge is 2.26. The average Bonchev–Trinajstić information content (AvgIpc) is 3.61. The summed E-state index contributed by atoms with van der Waals surface area (Å²) in [6.45, 7) is 2.48. The highest BCUT2D eigenvalue weighted by molar-refractivity contribution is 7.99. The molecule has 7 nitrogen and oxygen atoms in total. The molecule has 0 saturated carbocycles. The number of fused-ring (bicyclic) bond motifs is 1. The molecule has 9 heteroatoms. The topological polar surface area (TPSA) is 88.9 Å². The summed E-state index contributed by atoms with van der Waals surface area (Å²) in [6, 6.07) is 27.9. The summed E-state index contributed by atoms with van der Waals surface area (Å²) in [6.07, 6.45) is 3.93. The van der Waals surface area contributed by atoms with E-state index in [4.69, 9.17) is 0 Å². The van der Waals surface area contributed by atoms with Gasteiger partial charge in [-0.25, -0.2) is 0 Å². The quantitative estimate of drug-likeness (QED) is 0.183. The van der Waals surface area contributed by atoms with Gasteiger partial charge in [-0.15, -0.1) is 21.5 Å². The van der Waals surface area contributed by atoms with Crippen LogP contribution in [0.2, 0.25) is 0 Å². The van der Waals surface area contributed by atoms with E-state index < -0.39 is 0 Å². The van der Waals surface area contributed by atoms with Gasteiger partial charge in [-0.05, 0) is 55.9 Å². The van der Waals surface area contributed by atoms with Crippen molar-refractivity contribution in [2.75, 3.05) is 11.1 Å². The lowest BCUT2D eigenvalue weighted by Gasteiger charge is -2.13. The number of thiophene rings is 1. The van der Waals surface area contributed by atoms with Crippen LogP contribution >= 0.6 is 23.1 Å². The molecule has 2 amide bonds. The van der Waals surface area contributed by atoms with Crippen molar-refractivity contribution in [2.45, 2.75) is 44.3 Å². The van der Waals surface area contributed by atoms with Crippen LogP contribution in [0.1, 0.15) is 44.8 Å². The number of anilines is 1. The Morgan fingerprint density at radius 3 is 2.38 bits per heavy atom. The van der Waals surface area contributed by atoms with Crippen molar-refractivity contribution in [1.82, 2.24) is 20.1 Å². The van der Waals surface area contributed by atoms with Crippen LogP contribution in [-0.2, 0) is 24.2 Å². The molecule has 1 aliphatic carbocycles. The zero-order valence-electron chi connectivity index (χ0n) is 23.3. The van der Waals surface area contributed by atoms with E-state index in [0.717, 1.165) is 53.6 Å². The zero-order valence-corrected chi connectivity index (χ0v) is 24.9. The van der Waals surface area contributed by atoms with Crippen molar-refractivity contribution in [2.24, 2.45) is 0 Å². The van der Waals surface area contributed by atoms with E-state index in [1.807, 2.05) is 96.4 Å². The molecule has 6 rings (SSSR count). The predicted molar refractivity (Wildman–Crippen MR) is 169 cm³/mol. The van der Waals surface area contributed by atoms with Crippen molar-refractivity contribution in [3.8, 4) is 17.1 Å². The third-order valence-corrected chi connectivity index (χ3v) is 9.37. The molecular formula is C33H31N5O2S2. The number of hydrogen-bond acceptors (Lipinski definition) is 6. The second kappa shape index (κ2) is 12.8. The van der Waals surface area contributed by atoms with Gasteiger partial charge in [0, 0.05) is 22.7 Å². The fourth-order valence-corrected chi connectivity index (χ4v) is 7.17. The SMILES string of the molecule is Cc1ccc(-n2c(SCC(=O)Nc3sc4c(c3C(=O)NCc3ccccc3)CCCC4)nnc2-c2ccccc2)cc1. The van der Waals surface area contributed by atoms with E-state index >= 15 is 0 Å². The Balaban J connectivity index is 1.21. The summed E-state index contributed by atoms with van der Waals surface area (Å²) in [5.41, 5.74) is 5.74. The molecule has 2 aromatic heterocycles. The van der Waals surface area contributed by atoms with Crippen LogP contribution in [0.3, 0.4) is 0 Å². The van der Waals surface area contributed by atoms with E-state index in [0.29, 0.717) is 28.1 Å². The fourth-order valence-electron chi connectivity index (χ4n) is 5.12. The summed E-state index contributed by atoms with van der Waals surface area (Å²) in [4.78, 5) is 27.9. The Kier molecular flexibility index (Phi) is 8.48. The molecule has 0 bridgehead atoms. The highest BCUT2D eigenvalue weighted by atomic mass is 32.2. The third-order valence-electron chi connectivity index (χ3n) is 7.24. The van der Waals surface area contributed by atoms with Crippen LogP contribution in [-0.4, -0.2) is 32.3 Å². The Hall–Kier alpha value is -4.21. The molecule has 3 aromatic carbocycles. The normalized spacial score (nSPS) is 12.5. The second-order valence-electron chi connectivity index (χ2n) is 10.3. The number of carbonyl (C=O) groups excluding carboxylic acids is 2. The first-order valence-electron chi connectivity index (χ1n) is 14.0. The van der Waals surface area contributed by atoms with Crippen molar-refractivity contribution in [3.63, 3.8) is 0 Å². The van der Waals surface area contributed by atoms with E-state index in [9.17, 15) is 9.59 Å². The van der Waals surface area contributed by atoms with Gasteiger partial charge in [0.1, 0.15) is 5.00 Å². The number of thioether (sulfide) groups is 1. The first kappa shape index (κ1) is 27.9. The third kappa shape index (κ3) is 6.17. The highest BCUT2D eigenvalue weighted by Crippen LogP contribution is 2.38. The lowest BCUT2D eigenvalue weighted by atomic mass is 9.95. The molecule has 0 unspecified atom stereocenters. The van der Waals surface area contributed by atoms with Crippen LogP contribution in [0.4, 0.5) is 5.00 Å². The van der Waals surface area contributed by atoms with Crippen LogP contribution in [0, 0.1) is 6.92 Å². The lowest BCUT2D eigenvalue weighted by molar-refractivity contribution is -0.113. The minimum atomic E-state index is -0.185. The number of amides is 2. The van der Waals surface area contributed by atoms with Gasteiger partial charge in [-0.3, -0.25) is 14.2 Å². The van der Waals surface area contributed by atoms with Crippen molar-refractivity contribution < 1.29 is 9.59 Å². The molecular weight excluding hydrogens is 563 g/mol. The van der Waals surface area contributed by atoms with Crippen LogP contribution < -0.4 is 10.6 Å². The van der Waals surface area contributed by atoms with Gasteiger partial charge in [0.15, 0.2) is 11.0 Å². The van der Waals surface area contributed by atoms with E-state index in [1.54, 1.807) is 0 Å². The Labute approximate surface area is 253 Å². The van der Waals surface area contributed by atoms with Crippen molar-refractivity contribution in [3.05, 3.63) is 112 Å². The smallest absolute Gasteiger partial charge is 0.254 e. The number of hydrogen-bond donors (Lipinski definition) is 2. The molecule has 212 valence electrons. The summed E-state index contributed by atoms with van der Waals surface area (Å²) in [7, 11) is 0. The van der Waals surface area contributed by atoms with Crippen LogP contribution in [0.5, 0.6) is 0 Å². The molecule has 0 saturated heterocycles. The maximum atomic E-state index is 13.4. The van der Waals surface area contributed by atoms with Gasteiger partial charge in [-0.2, -0.15) is 0 Å². The minimum Gasteiger partial charge on any atom is -0.348 e. The summed E-state index contributed by atoms with van der Waals surface area (Å²) in [5.74, 6) is 0.515. The lowest BCUT2D eigenvalue weighted by Crippen LogP contribution is -2.25. The van der Waals surface area contributed by atoms with Crippen molar-refractivity contribution in [1.29, 1.82) is 0 Å². The monoisotopic (exact) mass is 593 g/mol. The molecule has 5 aromatic rings. The number of nitrogens with zero attached hydrogens (tertiary/aromatic N) is 3. The molecule has 2 N–H and O–H groups in total. The zero-order chi connectivity index (χ0) is 28.9. The number of carbonyl (C=O) groups is 2. The van der Waals surface area contributed by atoms with Gasteiger partial charge in [0.25, 0.3) is 5.91 Å². The largest absolute Gasteiger partial charge is 0.348 e. The first-order chi connectivity index (χ1) is 20.6. The molecule has 2 heterocycles. The molecule has 1 aliphatic rings. The molecule has 42 heavy (non-hydrogen) atoms. The maximum absolute atomic E-state index is 13.4. The van der Waals surface area contributed by atoms with Crippen LogP contribution in [0.15, 0.2) is 90.1 Å². The molecule has 0 aliphatic heterocycles. The van der Waals surface area contributed by atoms with Gasteiger partial charge in [0.05, 0.1) is 11.3 Å². The Morgan fingerprint density at radius 2 is 1.62 bits per heavy atom. The number of nitrogens with one attached hydrogen (secondary N) is 2. The summed E-state index contributed by atoms with van der Waals surface area (Å²) < 4.78 is 1.99. The Morgan fingerprint density at radius 1 is 0.905 bits per heavy atom. The predicted octanol–water partition coefficient (Wildman–Crippen LogP) is 6.84. The van der Waals surface area contributed by atoms with E-state index in [2.05, 4.69) is 20.8 Å². The standard InChI is InChI=1S/C33H31N5O2S2/c1-22-16-18-25(19-17-22)38-30(24-12-6-3-7-13-24)36-37-33(38)41-21-28(39)35-32-29(26-14-8-9-15-27(26)42-32)31(40)34-20-23-10-4-2-5-11-23/h2-7,10-13,16-19H,8-9,14-15,20-21H2,1H3,(H,34,40)(H,35,39). The van der Waals surface area contributed by atoms with Gasteiger partial charge >= 0.3 is 0 Å². The van der Waals surface area contributed by atoms with Gasteiger partial charge < -0.3 is 10.6 Å². The van der Waals surface area contributed by atoms with Gasteiger partial charge in [0.2, 0.25) is 5.91 Å².